The number of hydrogen-bond donors (Lipinski definition) is 2. The predicted molar refractivity (Wildman–Crippen MR) is 99.9 cm³/mol. The highest BCUT2D eigenvalue weighted by molar-refractivity contribution is 5.43. The Morgan fingerprint density at radius 1 is 1.15 bits per heavy atom. The van der Waals surface area contributed by atoms with Crippen molar-refractivity contribution in [1.82, 2.24) is 10.3 Å². The van der Waals surface area contributed by atoms with Crippen LogP contribution >= 0.6 is 0 Å². The number of nitrogens with zero attached hydrogens (tertiary/aromatic N) is 1. The van der Waals surface area contributed by atoms with Crippen LogP contribution in [-0.2, 0) is 13.2 Å². The third-order valence-corrected chi connectivity index (χ3v) is 4.15. The second-order valence-corrected chi connectivity index (χ2v) is 6.33. The monoisotopic (exact) mass is 352 g/mol. The fourth-order valence-corrected chi connectivity index (χ4v) is 2.93. The summed E-state index contributed by atoms with van der Waals surface area (Å²) in [6, 6.07) is 13.6. The van der Waals surface area contributed by atoms with Gasteiger partial charge >= 0.3 is 0 Å². The highest BCUT2D eigenvalue weighted by Gasteiger charge is 2.11. The highest BCUT2D eigenvalue weighted by atomic mass is 16.5. The van der Waals surface area contributed by atoms with E-state index in [1.165, 1.54) is 0 Å². The molecule has 136 valence electrons. The molecule has 5 nitrogen and oxygen atoms in total. The zero-order chi connectivity index (χ0) is 18.4. The van der Waals surface area contributed by atoms with E-state index in [1.807, 2.05) is 32.0 Å². The number of benzene rings is 1. The first-order chi connectivity index (χ1) is 12.6. The van der Waals surface area contributed by atoms with Gasteiger partial charge in [0, 0.05) is 19.3 Å². The van der Waals surface area contributed by atoms with E-state index in [-0.39, 0.29) is 0 Å². The van der Waals surface area contributed by atoms with E-state index in [0.29, 0.717) is 25.5 Å². The molecule has 0 fully saturated rings. The minimum Gasteiger partial charge on any atom is -0.487 e. The average molecular weight is 352 g/mol. The summed E-state index contributed by atoms with van der Waals surface area (Å²) < 4.78 is 11.2. The lowest BCUT2D eigenvalue weighted by atomic mass is 10.1. The second-order valence-electron chi connectivity index (χ2n) is 6.33. The third kappa shape index (κ3) is 4.71. The first-order valence-corrected chi connectivity index (χ1v) is 8.68. The Morgan fingerprint density at radius 2 is 1.96 bits per heavy atom. The Kier molecular flexibility index (Phi) is 6.04. The highest BCUT2D eigenvalue weighted by Crippen LogP contribution is 2.25. The number of aromatic nitrogens is 1. The van der Waals surface area contributed by atoms with E-state index in [4.69, 9.17) is 9.15 Å². The van der Waals surface area contributed by atoms with E-state index < -0.39 is 6.10 Å². The number of furan rings is 1. The summed E-state index contributed by atoms with van der Waals surface area (Å²) in [5, 5.41) is 13.3. The fourth-order valence-electron chi connectivity index (χ4n) is 2.93. The van der Waals surface area contributed by atoms with Gasteiger partial charge < -0.3 is 19.6 Å². The number of rotatable bonds is 8. The molecule has 1 unspecified atom stereocenters. The summed E-state index contributed by atoms with van der Waals surface area (Å²) in [4.78, 5) is 4.28. The molecular formula is C21H24N2O3. The standard InChI is InChI=1S/C21H24N2O3/c1-15-10-17(12-22-13-19(24)20-7-5-9-25-20)11-16(2)21(15)26-14-18-6-3-4-8-23-18/h3-11,19,22,24H,12-14H2,1-2H3. The lowest BCUT2D eigenvalue weighted by Gasteiger charge is -2.15. The molecule has 0 radical (unpaired) electrons. The van der Waals surface area contributed by atoms with Crippen LogP contribution in [0.5, 0.6) is 5.75 Å². The summed E-state index contributed by atoms with van der Waals surface area (Å²) in [6.45, 7) is 5.64. The molecule has 1 atom stereocenters. The Labute approximate surface area is 153 Å². The summed E-state index contributed by atoms with van der Waals surface area (Å²) in [6.07, 6.45) is 2.69. The van der Waals surface area contributed by atoms with E-state index in [9.17, 15) is 5.11 Å². The zero-order valence-electron chi connectivity index (χ0n) is 15.1. The molecule has 2 heterocycles. The molecule has 0 aliphatic carbocycles. The minimum absolute atomic E-state index is 0.434. The van der Waals surface area contributed by atoms with E-state index >= 15 is 0 Å². The van der Waals surface area contributed by atoms with Crippen LogP contribution in [0.2, 0.25) is 0 Å². The van der Waals surface area contributed by atoms with Crippen molar-refractivity contribution in [3.63, 3.8) is 0 Å². The molecule has 3 aromatic rings. The molecule has 0 aliphatic heterocycles. The van der Waals surface area contributed by atoms with Crippen molar-refractivity contribution < 1.29 is 14.3 Å². The van der Waals surface area contributed by atoms with Gasteiger partial charge in [0.1, 0.15) is 24.2 Å². The van der Waals surface area contributed by atoms with Gasteiger partial charge in [-0.2, -0.15) is 0 Å². The van der Waals surface area contributed by atoms with Gasteiger partial charge in [-0.3, -0.25) is 4.98 Å². The maximum absolute atomic E-state index is 10.0. The van der Waals surface area contributed by atoms with Gasteiger partial charge in [-0.15, -0.1) is 0 Å². The third-order valence-electron chi connectivity index (χ3n) is 4.15. The smallest absolute Gasteiger partial charge is 0.133 e. The van der Waals surface area contributed by atoms with Crippen LogP contribution in [0.1, 0.15) is 34.2 Å². The number of nitrogens with one attached hydrogen (secondary N) is 1. The molecule has 0 saturated carbocycles. The van der Waals surface area contributed by atoms with Crippen LogP contribution in [0, 0.1) is 13.8 Å². The topological polar surface area (TPSA) is 67.5 Å². The molecule has 0 spiro atoms. The van der Waals surface area contributed by atoms with Crippen molar-refractivity contribution in [2.45, 2.75) is 33.1 Å². The predicted octanol–water partition coefficient (Wildman–Crippen LogP) is 3.69. The molecule has 5 heteroatoms. The number of aliphatic hydroxyl groups is 1. The van der Waals surface area contributed by atoms with Crippen molar-refractivity contribution in [1.29, 1.82) is 0 Å². The van der Waals surface area contributed by atoms with Gasteiger partial charge in [-0.1, -0.05) is 18.2 Å². The number of pyridine rings is 1. The molecule has 3 rings (SSSR count). The molecule has 1 aromatic carbocycles. The Hall–Kier alpha value is -2.63. The SMILES string of the molecule is Cc1cc(CNCC(O)c2ccco2)cc(C)c1OCc1ccccn1. The van der Waals surface area contributed by atoms with Crippen LogP contribution in [0.25, 0.3) is 0 Å². The summed E-state index contributed by atoms with van der Waals surface area (Å²) >= 11 is 0. The van der Waals surface area contributed by atoms with Crippen molar-refractivity contribution in [2.75, 3.05) is 6.54 Å². The van der Waals surface area contributed by atoms with Gasteiger partial charge in [0.2, 0.25) is 0 Å². The minimum atomic E-state index is -0.645. The fraction of sp³-hybridized carbons (Fsp3) is 0.286. The average Bonchev–Trinajstić information content (AvgIpc) is 3.16. The molecule has 2 aromatic heterocycles. The first-order valence-electron chi connectivity index (χ1n) is 8.68. The van der Waals surface area contributed by atoms with Crippen LogP contribution < -0.4 is 10.1 Å². The van der Waals surface area contributed by atoms with Crippen molar-refractivity contribution in [3.05, 3.63) is 83.1 Å². The molecule has 2 N–H and O–H groups in total. The Morgan fingerprint density at radius 3 is 2.62 bits per heavy atom. The second kappa shape index (κ2) is 8.65. The normalized spacial score (nSPS) is 12.1. The molecule has 26 heavy (non-hydrogen) atoms. The van der Waals surface area contributed by atoms with E-state index in [2.05, 4.69) is 22.4 Å². The largest absolute Gasteiger partial charge is 0.487 e. The molecule has 0 saturated heterocycles. The lowest BCUT2D eigenvalue weighted by molar-refractivity contribution is 0.147. The van der Waals surface area contributed by atoms with Gasteiger partial charge in [0.05, 0.1) is 12.0 Å². The molecular weight excluding hydrogens is 328 g/mol. The summed E-state index contributed by atoms with van der Waals surface area (Å²) in [5.41, 5.74) is 4.23. The van der Waals surface area contributed by atoms with Crippen molar-refractivity contribution in [3.8, 4) is 5.75 Å². The number of aliphatic hydroxyl groups excluding tert-OH is 1. The van der Waals surface area contributed by atoms with Gasteiger partial charge in [-0.25, -0.2) is 0 Å². The summed E-state index contributed by atoms with van der Waals surface area (Å²) in [7, 11) is 0. The zero-order valence-corrected chi connectivity index (χ0v) is 15.1. The van der Waals surface area contributed by atoms with Crippen LogP contribution in [0.3, 0.4) is 0 Å². The van der Waals surface area contributed by atoms with Crippen molar-refractivity contribution >= 4 is 0 Å². The van der Waals surface area contributed by atoms with Crippen LogP contribution in [0.15, 0.2) is 59.3 Å². The van der Waals surface area contributed by atoms with Crippen LogP contribution in [0.4, 0.5) is 0 Å². The maximum Gasteiger partial charge on any atom is 0.133 e. The molecule has 0 aliphatic rings. The van der Waals surface area contributed by atoms with Gasteiger partial charge in [0.15, 0.2) is 0 Å². The molecule has 0 bridgehead atoms. The van der Waals surface area contributed by atoms with Gasteiger partial charge in [-0.05, 0) is 54.8 Å². The number of aryl methyl sites for hydroxylation is 2. The quantitative estimate of drug-likeness (QED) is 0.647. The first kappa shape index (κ1) is 18.2. The maximum atomic E-state index is 10.0. The van der Waals surface area contributed by atoms with Crippen LogP contribution in [-0.4, -0.2) is 16.6 Å². The lowest BCUT2D eigenvalue weighted by Crippen LogP contribution is -2.21. The Balaban J connectivity index is 1.56. The Bertz CT molecular complexity index is 794. The molecule has 0 amide bonds. The summed E-state index contributed by atoms with van der Waals surface area (Å²) in [5.74, 6) is 1.47. The number of ether oxygens (including phenoxy) is 1. The van der Waals surface area contributed by atoms with E-state index in [1.54, 1.807) is 24.6 Å². The van der Waals surface area contributed by atoms with E-state index in [0.717, 1.165) is 28.1 Å². The van der Waals surface area contributed by atoms with Crippen molar-refractivity contribution in [2.24, 2.45) is 0 Å². The van der Waals surface area contributed by atoms with Gasteiger partial charge in [0.25, 0.3) is 0 Å². The number of hydrogen-bond acceptors (Lipinski definition) is 5.